The maximum absolute atomic E-state index is 11.5. The Bertz CT molecular complexity index is 464. The smallest absolute Gasteiger partial charge is 0.407 e. The summed E-state index contributed by atoms with van der Waals surface area (Å²) < 4.78 is 5.15. The van der Waals surface area contributed by atoms with Crippen LogP contribution in [0.1, 0.15) is 31.9 Å². The zero-order valence-electron chi connectivity index (χ0n) is 11.7. The molecule has 1 aromatic rings. The average Bonchev–Trinajstić information content (AvgIpc) is 2.24. The lowest BCUT2D eigenvalue weighted by atomic mass is 10.1. The molecule has 0 saturated heterocycles. The number of carbonyl (C=O) groups excluding carboxylic acids is 2. The minimum atomic E-state index is -0.513. The summed E-state index contributed by atoms with van der Waals surface area (Å²) in [5.41, 5.74) is 2.10. The monoisotopic (exact) mass is 264 g/mol. The number of hydrogen-bond acceptors (Lipinski definition) is 3. The molecule has 0 saturated carbocycles. The van der Waals surface area contributed by atoms with Crippen LogP contribution >= 0.6 is 0 Å². The molecule has 0 bridgehead atoms. The molecule has 0 aliphatic rings. The number of hydrogen-bond donors (Lipinski definition) is 2. The standard InChI is InChI=1S/C14H20N2O3/c1-10-5-11(7-12(6-10)16-9-17)8-15-13(18)19-14(2,3)4/h5-7,9H,8H2,1-4H3,(H,15,18)(H,16,17). The van der Waals surface area contributed by atoms with Gasteiger partial charge < -0.3 is 15.4 Å². The Kier molecular flexibility index (Phi) is 4.92. The van der Waals surface area contributed by atoms with Crippen molar-refractivity contribution in [2.45, 2.75) is 39.8 Å². The second-order valence-electron chi connectivity index (χ2n) is 5.32. The van der Waals surface area contributed by atoms with Crippen LogP contribution in [0.4, 0.5) is 10.5 Å². The summed E-state index contributed by atoms with van der Waals surface area (Å²) in [7, 11) is 0. The van der Waals surface area contributed by atoms with E-state index in [1.165, 1.54) is 0 Å². The number of amides is 2. The molecule has 2 amide bonds. The average molecular weight is 264 g/mol. The molecule has 0 aliphatic carbocycles. The highest BCUT2D eigenvalue weighted by Gasteiger charge is 2.15. The second-order valence-corrected chi connectivity index (χ2v) is 5.32. The van der Waals surface area contributed by atoms with Crippen LogP contribution in [-0.4, -0.2) is 18.1 Å². The number of benzene rings is 1. The molecular formula is C14H20N2O3. The maximum Gasteiger partial charge on any atom is 0.407 e. The fourth-order valence-electron chi connectivity index (χ4n) is 1.60. The summed E-state index contributed by atoms with van der Waals surface area (Å²) in [6, 6.07) is 5.59. The zero-order chi connectivity index (χ0) is 14.5. The highest BCUT2D eigenvalue weighted by molar-refractivity contribution is 5.72. The summed E-state index contributed by atoms with van der Waals surface area (Å²) >= 11 is 0. The molecule has 104 valence electrons. The largest absolute Gasteiger partial charge is 0.444 e. The number of carbonyl (C=O) groups is 2. The minimum absolute atomic E-state index is 0.351. The number of rotatable bonds is 4. The highest BCUT2D eigenvalue weighted by atomic mass is 16.6. The molecule has 0 spiro atoms. The van der Waals surface area contributed by atoms with Crippen molar-refractivity contribution >= 4 is 18.2 Å². The van der Waals surface area contributed by atoms with Gasteiger partial charge in [0.25, 0.3) is 0 Å². The van der Waals surface area contributed by atoms with Crippen molar-refractivity contribution in [1.82, 2.24) is 5.32 Å². The Morgan fingerprint density at radius 2 is 2.00 bits per heavy atom. The van der Waals surface area contributed by atoms with E-state index in [0.29, 0.717) is 18.6 Å². The molecule has 0 aliphatic heterocycles. The van der Waals surface area contributed by atoms with Gasteiger partial charge in [-0.3, -0.25) is 4.79 Å². The van der Waals surface area contributed by atoms with E-state index < -0.39 is 11.7 Å². The summed E-state index contributed by atoms with van der Waals surface area (Å²) in [6.07, 6.45) is 0.166. The lowest BCUT2D eigenvalue weighted by molar-refractivity contribution is -0.105. The van der Waals surface area contributed by atoms with E-state index in [1.807, 2.05) is 39.8 Å². The van der Waals surface area contributed by atoms with Crippen LogP contribution in [0.3, 0.4) is 0 Å². The molecule has 5 nitrogen and oxygen atoms in total. The third-order valence-corrected chi connectivity index (χ3v) is 2.20. The van der Waals surface area contributed by atoms with Crippen molar-refractivity contribution in [2.75, 3.05) is 5.32 Å². The van der Waals surface area contributed by atoms with Gasteiger partial charge in [-0.05, 0) is 51.0 Å². The summed E-state index contributed by atoms with van der Waals surface area (Å²) in [4.78, 5) is 21.9. The van der Waals surface area contributed by atoms with E-state index in [0.717, 1.165) is 11.1 Å². The van der Waals surface area contributed by atoms with Crippen LogP contribution in [0.2, 0.25) is 0 Å². The van der Waals surface area contributed by atoms with Gasteiger partial charge in [0.15, 0.2) is 0 Å². The van der Waals surface area contributed by atoms with E-state index in [9.17, 15) is 9.59 Å². The van der Waals surface area contributed by atoms with Crippen LogP contribution in [-0.2, 0) is 16.1 Å². The summed E-state index contributed by atoms with van der Waals surface area (Å²) in [5, 5.41) is 5.26. The molecule has 5 heteroatoms. The van der Waals surface area contributed by atoms with Crippen molar-refractivity contribution in [3.05, 3.63) is 29.3 Å². The van der Waals surface area contributed by atoms with Gasteiger partial charge in [-0.15, -0.1) is 0 Å². The first kappa shape index (κ1) is 15.0. The van der Waals surface area contributed by atoms with E-state index in [2.05, 4.69) is 10.6 Å². The van der Waals surface area contributed by atoms with Crippen molar-refractivity contribution in [2.24, 2.45) is 0 Å². The van der Waals surface area contributed by atoms with Gasteiger partial charge in [-0.25, -0.2) is 4.79 Å². The first-order valence-corrected chi connectivity index (χ1v) is 6.08. The number of nitrogens with one attached hydrogen (secondary N) is 2. The molecule has 0 heterocycles. The van der Waals surface area contributed by atoms with Crippen molar-refractivity contribution in [3.63, 3.8) is 0 Å². The van der Waals surface area contributed by atoms with Gasteiger partial charge in [-0.2, -0.15) is 0 Å². The first-order chi connectivity index (χ1) is 8.80. The van der Waals surface area contributed by atoms with E-state index in [1.54, 1.807) is 6.07 Å². The first-order valence-electron chi connectivity index (χ1n) is 6.08. The predicted molar refractivity (Wildman–Crippen MR) is 73.9 cm³/mol. The molecule has 2 N–H and O–H groups in total. The fraction of sp³-hybridized carbons (Fsp3) is 0.429. The zero-order valence-corrected chi connectivity index (χ0v) is 11.7. The Balaban J connectivity index is 2.62. The lowest BCUT2D eigenvalue weighted by Gasteiger charge is -2.19. The number of alkyl carbamates (subject to hydrolysis) is 1. The summed E-state index contributed by atoms with van der Waals surface area (Å²) in [5.74, 6) is 0. The molecule has 1 rings (SSSR count). The van der Waals surface area contributed by atoms with Crippen LogP contribution in [0.5, 0.6) is 0 Å². The Hall–Kier alpha value is -2.04. The van der Waals surface area contributed by atoms with Crippen molar-refractivity contribution < 1.29 is 14.3 Å². The van der Waals surface area contributed by atoms with Gasteiger partial charge in [0.2, 0.25) is 6.41 Å². The third kappa shape index (κ3) is 5.90. The number of aryl methyl sites for hydroxylation is 1. The topological polar surface area (TPSA) is 67.4 Å². The van der Waals surface area contributed by atoms with Crippen molar-refractivity contribution in [3.8, 4) is 0 Å². The van der Waals surface area contributed by atoms with Gasteiger partial charge in [0.1, 0.15) is 5.60 Å². The molecule has 0 aromatic heterocycles. The Morgan fingerprint density at radius 1 is 1.32 bits per heavy atom. The van der Waals surface area contributed by atoms with Gasteiger partial charge in [0, 0.05) is 12.2 Å². The quantitative estimate of drug-likeness (QED) is 0.821. The van der Waals surface area contributed by atoms with Gasteiger partial charge in [0.05, 0.1) is 0 Å². The highest BCUT2D eigenvalue weighted by Crippen LogP contribution is 2.14. The number of anilines is 1. The van der Waals surface area contributed by atoms with Crippen LogP contribution in [0.15, 0.2) is 18.2 Å². The molecule has 0 atom stereocenters. The van der Waals surface area contributed by atoms with Crippen LogP contribution in [0, 0.1) is 6.92 Å². The predicted octanol–water partition coefficient (Wildman–Crippen LogP) is 2.59. The van der Waals surface area contributed by atoms with E-state index >= 15 is 0 Å². The Morgan fingerprint density at radius 3 is 2.58 bits per heavy atom. The van der Waals surface area contributed by atoms with Crippen LogP contribution in [0.25, 0.3) is 0 Å². The number of ether oxygens (including phenoxy) is 1. The molecule has 1 aromatic carbocycles. The molecule has 0 fully saturated rings. The summed E-state index contributed by atoms with van der Waals surface area (Å²) in [6.45, 7) is 7.71. The van der Waals surface area contributed by atoms with E-state index in [4.69, 9.17) is 4.74 Å². The molecule has 0 unspecified atom stereocenters. The molecular weight excluding hydrogens is 244 g/mol. The van der Waals surface area contributed by atoms with Gasteiger partial charge >= 0.3 is 6.09 Å². The fourth-order valence-corrected chi connectivity index (χ4v) is 1.60. The van der Waals surface area contributed by atoms with E-state index in [-0.39, 0.29) is 0 Å². The van der Waals surface area contributed by atoms with Crippen LogP contribution < -0.4 is 10.6 Å². The SMILES string of the molecule is Cc1cc(CNC(=O)OC(C)(C)C)cc(NC=O)c1. The Labute approximate surface area is 113 Å². The maximum atomic E-state index is 11.5. The van der Waals surface area contributed by atoms with Gasteiger partial charge in [-0.1, -0.05) is 6.07 Å². The minimum Gasteiger partial charge on any atom is -0.444 e. The second kappa shape index (κ2) is 6.22. The molecule has 19 heavy (non-hydrogen) atoms. The third-order valence-electron chi connectivity index (χ3n) is 2.20. The normalized spacial score (nSPS) is 10.7. The van der Waals surface area contributed by atoms with Crippen molar-refractivity contribution in [1.29, 1.82) is 0 Å². The molecule has 0 radical (unpaired) electrons. The lowest BCUT2D eigenvalue weighted by Crippen LogP contribution is -2.32.